The van der Waals surface area contributed by atoms with Crippen LogP contribution in [-0.4, -0.2) is 11.6 Å². The van der Waals surface area contributed by atoms with Gasteiger partial charge in [0.25, 0.3) is 0 Å². The van der Waals surface area contributed by atoms with Crippen molar-refractivity contribution >= 4 is 11.6 Å². The predicted octanol–water partition coefficient (Wildman–Crippen LogP) is 4.25. The van der Waals surface area contributed by atoms with Crippen LogP contribution in [0.3, 0.4) is 0 Å². The zero-order valence-corrected chi connectivity index (χ0v) is 12.9. The molecule has 1 aromatic heterocycles. The van der Waals surface area contributed by atoms with Crippen LogP contribution in [0.25, 0.3) is 0 Å². The Morgan fingerprint density at radius 1 is 1.00 bits per heavy atom. The molecule has 1 aliphatic carbocycles. The van der Waals surface area contributed by atoms with Gasteiger partial charge in [0.05, 0.1) is 6.26 Å². The molecule has 22 heavy (non-hydrogen) atoms. The van der Waals surface area contributed by atoms with Gasteiger partial charge < -0.3 is 4.42 Å². The Bertz CT molecular complexity index is 657. The van der Waals surface area contributed by atoms with Gasteiger partial charge in [0.1, 0.15) is 0 Å². The summed E-state index contributed by atoms with van der Waals surface area (Å²) in [7, 11) is 0. The van der Waals surface area contributed by atoms with E-state index in [4.69, 9.17) is 4.42 Å². The van der Waals surface area contributed by atoms with Crippen LogP contribution in [0, 0.1) is 23.7 Å². The Balaban J connectivity index is 1.83. The van der Waals surface area contributed by atoms with E-state index in [1.165, 1.54) is 6.26 Å². The second kappa shape index (κ2) is 5.91. The molecule has 1 saturated carbocycles. The Morgan fingerprint density at radius 2 is 1.73 bits per heavy atom. The SMILES string of the molecule is C[C@@H]1[C@H](C(=O)c2ccccc2)[C@H](C)C[C@H]1C(=O)c1ccco1. The first-order chi connectivity index (χ1) is 10.6. The monoisotopic (exact) mass is 296 g/mol. The maximum absolute atomic E-state index is 12.8. The highest BCUT2D eigenvalue weighted by Gasteiger charge is 2.46. The number of hydrogen-bond donors (Lipinski definition) is 0. The van der Waals surface area contributed by atoms with Crippen molar-refractivity contribution in [1.29, 1.82) is 0 Å². The summed E-state index contributed by atoms with van der Waals surface area (Å²) in [6, 6.07) is 12.8. The quantitative estimate of drug-likeness (QED) is 0.792. The van der Waals surface area contributed by atoms with Gasteiger partial charge in [0, 0.05) is 17.4 Å². The molecule has 4 atom stereocenters. The van der Waals surface area contributed by atoms with Crippen LogP contribution in [-0.2, 0) is 0 Å². The van der Waals surface area contributed by atoms with Crippen molar-refractivity contribution < 1.29 is 14.0 Å². The number of benzene rings is 1. The van der Waals surface area contributed by atoms with E-state index in [1.807, 2.05) is 37.3 Å². The van der Waals surface area contributed by atoms with Gasteiger partial charge in [-0.1, -0.05) is 44.2 Å². The molecule has 1 aromatic carbocycles. The number of Topliss-reactive ketones (excluding diaryl/α,β-unsaturated/α-hetero) is 2. The average molecular weight is 296 g/mol. The second-order valence-corrected chi connectivity index (χ2v) is 6.28. The maximum Gasteiger partial charge on any atom is 0.201 e. The van der Waals surface area contributed by atoms with Crippen LogP contribution in [0.2, 0.25) is 0 Å². The molecular weight excluding hydrogens is 276 g/mol. The topological polar surface area (TPSA) is 47.3 Å². The third kappa shape index (κ3) is 2.52. The molecule has 0 bridgehead atoms. The van der Waals surface area contributed by atoms with Crippen LogP contribution in [0.1, 0.15) is 41.2 Å². The highest BCUT2D eigenvalue weighted by Crippen LogP contribution is 2.44. The fourth-order valence-electron chi connectivity index (χ4n) is 3.77. The summed E-state index contributed by atoms with van der Waals surface area (Å²) >= 11 is 0. The summed E-state index contributed by atoms with van der Waals surface area (Å²) in [6.45, 7) is 4.08. The Labute approximate surface area is 130 Å². The van der Waals surface area contributed by atoms with Crippen LogP contribution in [0.5, 0.6) is 0 Å². The lowest BCUT2D eigenvalue weighted by Gasteiger charge is -2.20. The van der Waals surface area contributed by atoms with Crippen molar-refractivity contribution in [2.75, 3.05) is 0 Å². The smallest absolute Gasteiger partial charge is 0.201 e. The first kappa shape index (κ1) is 14.8. The second-order valence-electron chi connectivity index (χ2n) is 6.28. The molecule has 2 aromatic rings. The van der Waals surface area contributed by atoms with Crippen molar-refractivity contribution in [2.24, 2.45) is 23.7 Å². The molecule has 3 rings (SSSR count). The largest absolute Gasteiger partial charge is 0.461 e. The van der Waals surface area contributed by atoms with E-state index < -0.39 is 0 Å². The molecule has 0 aliphatic heterocycles. The predicted molar refractivity (Wildman–Crippen MR) is 83.7 cm³/mol. The van der Waals surface area contributed by atoms with Crippen molar-refractivity contribution in [3.8, 4) is 0 Å². The van der Waals surface area contributed by atoms with Crippen LogP contribution >= 0.6 is 0 Å². The van der Waals surface area contributed by atoms with Gasteiger partial charge in [0.2, 0.25) is 5.78 Å². The highest BCUT2D eigenvalue weighted by molar-refractivity contribution is 6.00. The summed E-state index contributed by atoms with van der Waals surface area (Å²) in [5.41, 5.74) is 0.734. The fourth-order valence-corrected chi connectivity index (χ4v) is 3.77. The molecule has 114 valence electrons. The standard InChI is InChI=1S/C19H20O3/c1-12-11-15(19(21)16-9-6-10-22-16)13(2)17(12)18(20)14-7-4-3-5-8-14/h3-10,12-13,15,17H,11H2,1-2H3/t12-,13+,15-,17-/m1/s1. The Kier molecular flexibility index (Phi) is 3.97. The van der Waals surface area contributed by atoms with Gasteiger partial charge in [-0.15, -0.1) is 0 Å². The van der Waals surface area contributed by atoms with Crippen molar-refractivity contribution in [3.05, 3.63) is 60.1 Å². The normalized spacial score (nSPS) is 27.7. The minimum absolute atomic E-state index is 0.0210. The van der Waals surface area contributed by atoms with Gasteiger partial charge in [-0.05, 0) is 30.4 Å². The van der Waals surface area contributed by atoms with Gasteiger partial charge in [-0.25, -0.2) is 0 Å². The highest BCUT2D eigenvalue weighted by atomic mass is 16.3. The van der Waals surface area contributed by atoms with E-state index in [1.54, 1.807) is 12.1 Å². The number of rotatable bonds is 4. The summed E-state index contributed by atoms with van der Waals surface area (Å²) in [4.78, 5) is 25.4. The van der Waals surface area contributed by atoms with Crippen LogP contribution < -0.4 is 0 Å². The zero-order chi connectivity index (χ0) is 15.7. The molecule has 1 heterocycles. The number of carbonyl (C=O) groups excluding carboxylic acids is 2. The van der Waals surface area contributed by atoms with E-state index >= 15 is 0 Å². The fraction of sp³-hybridized carbons (Fsp3) is 0.368. The molecule has 1 aliphatic rings. The third-order valence-corrected chi connectivity index (χ3v) is 4.90. The van der Waals surface area contributed by atoms with Crippen LogP contribution in [0.15, 0.2) is 53.1 Å². The summed E-state index contributed by atoms with van der Waals surface area (Å²) in [5, 5.41) is 0. The van der Waals surface area contributed by atoms with E-state index in [-0.39, 0.29) is 35.2 Å². The van der Waals surface area contributed by atoms with Crippen molar-refractivity contribution in [2.45, 2.75) is 20.3 Å². The van der Waals surface area contributed by atoms with Gasteiger partial charge in [-0.3, -0.25) is 9.59 Å². The lowest BCUT2D eigenvalue weighted by Crippen LogP contribution is -2.26. The number of furan rings is 1. The molecule has 3 heteroatoms. The molecule has 1 fully saturated rings. The summed E-state index contributed by atoms with van der Waals surface area (Å²) < 4.78 is 5.24. The Hall–Kier alpha value is -2.16. The number of ketones is 2. The minimum atomic E-state index is -0.140. The van der Waals surface area contributed by atoms with E-state index in [0.29, 0.717) is 5.76 Å². The van der Waals surface area contributed by atoms with E-state index in [9.17, 15) is 9.59 Å². The molecule has 0 saturated heterocycles. The van der Waals surface area contributed by atoms with Gasteiger partial charge >= 0.3 is 0 Å². The number of hydrogen-bond acceptors (Lipinski definition) is 3. The molecule has 0 unspecified atom stereocenters. The minimum Gasteiger partial charge on any atom is -0.461 e. The summed E-state index contributed by atoms with van der Waals surface area (Å²) in [6.07, 6.45) is 2.26. The average Bonchev–Trinajstić information content (AvgIpc) is 3.15. The van der Waals surface area contributed by atoms with E-state index in [2.05, 4.69) is 6.92 Å². The lowest BCUT2D eigenvalue weighted by molar-refractivity contribution is 0.0817. The summed E-state index contributed by atoms with van der Waals surface area (Å²) in [5.74, 6) is 0.553. The molecule has 0 N–H and O–H groups in total. The molecule has 3 nitrogen and oxygen atoms in total. The van der Waals surface area contributed by atoms with Gasteiger partial charge in [0.15, 0.2) is 11.5 Å². The molecule has 0 radical (unpaired) electrons. The molecule has 0 amide bonds. The van der Waals surface area contributed by atoms with E-state index in [0.717, 1.165) is 12.0 Å². The van der Waals surface area contributed by atoms with Gasteiger partial charge in [-0.2, -0.15) is 0 Å². The first-order valence-electron chi connectivity index (χ1n) is 7.76. The maximum atomic E-state index is 12.8. The molecular formula is C19H20O3. The molecule has 0 spiro atoms. The van der Waals surface area contributed by atoms with Crippen molar-refractivity contribution in [3.63, 3.8) is 0 Å². The zero-order valence-electron chi connectivity index (χ0n) is 12.9. The third-order valence-electron chi connectivity index (χ3n) is 4.90. The van der Waals surface area contributed by atoms with Crippen molar-refractivity contribution in [1.82, 2.24) is 0 Å². The van der Waals surface area contributed by atoms with Crippen LogP contribution in [0.4, 0.5) is 0 Å². The lowest BCUT2D eigenvalue weighted by atomic mass is 9.82. The first-order valence-corrected chi connectivity index (χ1v) is 7.76. The Morgan fingerprint density at radius 3 is 2.36 bits per heavy atom. The number of carbonyl (C=O) groups is 2.